The van der Waals surface area contributed by atoms with E-state index in [1.54, 1.807) is 26.0 Å². The molecule has 1 amide bonds. The first-order valence-corrected chi connectivity index (χ1v) is 8.80. The van der Waals surface area contributed by atoms with Gasteiger partial charge in [0.25, 0.3) is 0 Å². The minimum Gasteiger partial charge on any atom is -0.287 e. The molecule has 1 heterocycles. The number of nitrogens with one attached hydrogen (secondary N) is 1. The number of benzene rings is 2. The maximum atomic E-state index is 14.0. The fourth-order valence-electron chi connectivity index (χ4n) is 3.71. The number of halogens is 3. The Kier molecular flexibility index (Phi) is 4.73. The van der Waals surface area contributed by atoms with Gasteiger partial charge in [0, 0.05) is 12.0 Å². The quantitative estimate of drug-likeness (QED) is 0.836. The van der Waals surface area contributed by atoms with Crippen molar-refractivity contribution in [2.24, 2.45) is 0 Å². The molecule has 0 bridgehead atoms. The molecule has 1 N–H and O–H groups in total. The summed E-state index contributed by atoms with van der Waals surface area (Å²) >= 11 is 0. The van der Waals surface area contributed by atoms with E-state index in [9.17, 15) is 18.0 Å². The molecule has 0 saturated carbocycles. The summed E-state index contributed by atoms with van der Waals surface area (Å²) in [6, 6.07) is 8.77. The molecule has 1 aliphatic heterocycles. The molecule has 0 aromatic heterocycles. The molecule has 1 aliphatic rings. The Morgan fingerprint density at radius 2 is 1.96 bits per heavy atom. The van der Waals surface area contributed by atoms with E-state index >= 15 is 0 Å². The van der Waals surface area contributed by atoms with E-state index in [1.807, 2.05) is 25.1 Å². The van der Waals surface area contributed by atoms with E-state index in [-0.39, 0.29) is 12.0 Å². The van der Waals surface area contributed by atoms with Gasteiger partial charge in [-0.3, -0.25) is 10.2 Å². The van der Waals surface area contributed by atoms with E-state index in [0.29, 0.717) is 0 Å². The highest BCUT2D eigenvalue weighted by Gasteiger charge is 2.52. The summed E-state index contributed by atoms with van der Waals surface area (Å²) in [5.41, 5.74) is 2.67. The van der Waals surface area contributed by atoms with Crippen LogP contribution >= 0.6 is 0 Å². The molecule has 2 aromatic rings. The van der Waals surface area contributed by atoms with Crippen LogP contribution in [0.2, 0.25) is 0 Å². The number of hydrogen-bond acceptors (Lipinski definition) is 2. The Balaban J connectivity index is 2.13. The second-order valence-corrected chi connectivity index (χ2v) is 7.49. The maximum Gasteiger partial charge on any atom is 0.409 e. The highest BCUT2D eigenvalue weighted by molar-refractivity contribution is 5.86. The molecule has 26 heavy (non-hydrogen) atoms. The van der Waals surface area contributed by atoms with Crippen LogP contribution in [0, 0.1) is 0 Å². The zero-order valence-electron chi connectivity index (χ0n) is 15.2. The van der Waals surface area contributed by atoms with Gasteiger partial charge in [-0.05, 0) is 48.2 Å². The third-order valence-electron chi connectivity index (χ3n) is 4.89. The highest BCUT2D eigenvalue weighted by Crippen LogP contribution is 2.43. The third-order valence-corrected chi connectivity index (χ3v) is 4.89. The molecule has 3 rings (SSSR count). The van der Waals surface area contributed by atoms with Crippen molar-refractivity contribution in [1.82, 2.24) is 10.4 Å². The van der Waals surface area contributed by atoms with Gasteiger partial charge < -0.3 is 0 Å². The first kappa shape index (κ1) is 18.7. The Bertz CT molecular complexity index is 829. The number of hydrogen-bond donors (Lipinski definition) is 1. The van der Waals surface area contributed by atoms with Gasteiger partial charge in [-0.15, -0.1) is 0 Å². The van der Waals surface area contributed by atoms with Gasteiger partial charge in [0.1, 0.15) is 0 Å². The van der Waals surface area contributed by atoms with Crippen molar-refractivity contribution < 1.29 is 18.0 Å². The molecule has 1 saturated heterocycles. The Morgan fingerprint density at radius 1 is 1.23 bits per heavy atom. The van der Waals surface area contributed by atoms with Gasteiger partial charge in [-0.2, -0.15) is 18.2 Å². The fraction of sp³-hybridized carbons (Fsp3) is 0.450. The van der Waals surface area contributed by atoms with Gasteiger partial charge in [-0.1, -0.05) is 43.7 Å². The molecular weight excluding hydrogens is 341 g/mol. The first-order chi connectivity index (χ1) is 12.1. The molecule has 0 radical (unpaired) electrons. The molecule has 6 heteroatoms. The summed E-state index contributed by atoms with van der Waals surface area (Å²) in [6.45, 7) is 5.34. The van der Waals surface area contributed by atoms with Crippen molar-refractivity contribution in [1.29, 1.82) is 0 Å². The maximum absolute atomic E-state index is 14.0. The molecule has 3 nitrogen and oxygen atoms in total. The lowest BCUT2D eigenvalue weighted by Crippen LogP contribution is -2.51. The molecule has 1 atom stereocenters. The van der Waals surface area contributed by atoms with Crippen LogP contribution in [0.1, 0.15) is 50.8 Å². The number of fused-ring (bicyclic) bond motifs is 1. The monoisotopic (exact) mass is 364 g/mol. The molecule has 140 valence electrons. The normalized spacial score (nSPS) is 18.9. The van der Waals surface area contributed by atoms with Gasteiger partial charge >= 0.3 is 6.18 Å². The zero-order chi connectivity index (χ0) is 19.1. The van der Waals surface area contributed by atoms with Crippen molar-refractivity contribution in [3.8, 4) is 0 Å². The lowest BCUT2D eigenvalue weighted by Gasteiger charge is -2.38. The average molecular weight is 364 g/mol. The van der Waals surface area contributed by atoms with Crippen molar-refractivity contribution in [2.45, 2.75) is 57.8 Å². The predicted octanol–water partition coefficient (Wildman–Crippen LogP) is 4.91. The van der Waals surface area contributed by atoms with E-state index in [1.165, 1.54) is 6.07 Å². The number of hydrazine groups is 1. The number of carbonyl (C=O) groups is 1. The Morgan fingerprint density at radius 3 is 2.54 bits per heavy atom. The first-order valence-electron chi connectivity index (χ1n) is 8.80. The Hall–Kier alpha value is -2.08. The van der Waals surface area contributed by atoms with Crippen LogP contribution < -0.4 is 5.43 Å². The van der Waals surface area contributed by atoms with Crippen molar-refractivity contribution in [3.05, 3.63) is 47.5 Å². The van der Waals surface area contributed by atoms with Crippen LogP contribution in [0.5, 0.6) is 0 Å². The summed E-state index contributed by atoms with van der Waals surface area (Å²) in [6.07, 6.45) is -2.75. The summed E-state index contributed by atoms with van der Waals surface area (Å²) < 4.78 is 42.0. The number of carbonyl (C=O) groups excluding carboxylic acids is 1. The largest absolute Gasteiger partial charge is 0.409 e. The van der Waals surface area contributed by atoms with Gasteiger partial charge in [0.15, 0.2) is 6.04 Å². The molecule has 0 unspecified atom stereocenters. The number of nitrogens with zero attached hydrogens (tertiary/aromatic N) is 1. The van der Waals surface area contributed by atoms with Gasteiger partial charge in [-0.25, -0.2) is 0 Å². The van der Waals surface area contributed by atoms with Crippen LogP contribution in [-0.2, 0) is 11.2 Å². The van der Waals surface area contributed by atoms with Crippen LogP contribution in [0.25, 0.3) is 10.8 Å². The molecule has 0 spiro atoms. The van der Waals surface area contributed by atoms with E-state index in [4.69, 9.17) is 0 Å². The average Bonchev–Trinajstić information content (AvgIpc) is 2.79. The van der Waals surface area contributed by atoms with Crippen LogP contribution in [0.15, 0.2) is 36.4 Å². The number of rotatable bonds is 4. The molecule has 1 fully saturated rings. The van der Waals surface area contributed by atoms with E-state index in [0.717, 1.165) is 34.2 Å². The topological polar surface area (TPSA) is 32.3 Å². The predicted molar refractivity (Wildman–Crippen MR) is 95.4 cm³/mol. The molecule has 0 aliphatic carbocycles. The van der Waals surface area contributed by atoms with Gasteiger partial charge in [0.2, 0.25) is 5.91 Å². The second-order valence-electron chi connectivity index (χ2n) is 7.49. The second kappa shape index (κ2) is 6.58. The number of alkyl halides is 3. The van der Waals surface area contributed by atoms with Crippen LogP contribution in [-0.4, -0.2) is 22.6 Å². The number of aryl methyl sites for hydroxylation is 1. The summed E-state index contributed by atoms with van der Waals surface area (Å²) in [5, 5.41) is 2.81. The summed E-state index contributed by atoms with van der Waals surface area (Å²) in [7, 11) is 0. The fourth-order valence-corrected chi connectivity index (χ4v) is 3.71. The van der Waals surface area contributed by atoms with Crippen LogP contribution in [0.4, 0.5) is 13.2 Å². The Labute approximate surface area is 151 Å². The third kappa shape index (κ3) is 3.43. The highest BCUT2D eigenvalue weighted by atomic mass is 19.4. The lowest BCUT2D eigenvalue weighted by atomic mass is 9.93. The van der Waals surface area contributed by atoms with Crippen molar-refractivity contribution in [3.63, 3.8) is 0 Å². The van der Waals surface area contributed by atoms with E-state index in [2.05, 4.69) is 5.43 Å². The molecular formula is C20H23F3N2O. The van der Waals surface area contributed by atoms with Gasteiger partial charge in [0.05, 0.1) is 0 Å². The molecule has 2 aromatic carbocycles. The minimum absolute atomic E-state index is 0.0360. The number of amides is 1. The van der Waals surface area contributed by atoms with Crippen molar-refractivity contribution in [2.75, 3.05) is 0 Å². The smallest absolute Gasteiger partial charge is 0.287 e. The SMILES string of the molecule is CCCc1cccc2ccc([C@H](N3NC(=O)CC3(C)C)C(F)(F)F)cc12. The van der Waals surface area contributed by atoms with E-state index < -0.39 is 23.7 Å². The zero-order valence-corrected chi connectivity index (χ0v) is 15.2. The van der Waals surface area contributed by atoms with Crippen molar-refractivity contribution >= 4 is 16.7 Å². The minimum atomic E-state index is -4.51. The van der Waals surface area contributed by atoms with Crippen LogP contribution in [0.3, 0.4) is 0 Å². The summed E-state index contributed by atoms with van der Waals surface area (Å²) in [4.78, 5) is 11.8. The lowest BCUT2D eigenvalue weighted by molar-refractivity contribution is -0.203. The standard InChI is InChI=1S/C20H23F3N2O/c1-4-6-13-7-5-8-14-9-10-15(11-16(13)14)18(20(21,22)23)25-19(2,3)12-17(26)24-25/h5,7-11,18H,4,6,12H2,1-3H3,(H,24,26)/t18-/m0/s1. The summed E-state index contributed by atoms with van der Waals surface area (Å²) in [5.74, 6) is -0.392.